The summed E-state index contributed by atoms with van der Waals surface area (Å²) in [6.45, 7) is 4.06. The van der Waals surface area contributed by atoms with E-state index in [1.165, 1.54) is 27.4 Å². The first-order chi connectivity index (χ1) is 19.5. The van der Waals surface area contributed by atoms with Crippen molar-refractivity contribution in [3.05, 3.63) is 59.2 Å². The number of sulfone groups is 1. The number of nitrogens with one attached hydrogen (secondary N) is 2. The monoisotopic (exact) mass is 588 g/mol. The normalized spacial score (nSPS) is 19.5. The van der Waals surface area contributed by atoms with E-state index >= 15 is 0 Å². The number of amides is 1. The van der Waals surface area contributed by atoms with Gasteiger partial charge in [-0.3, -0.25) is 19.7 Å². The van der Waals surface area contributed by atoms with Gasteiger partial charge in [0.25, 0.3) is 5.91 Å². The van der Waals surface area contributed by atoms with E-state index in [1.807, 2.05) is 37.3 Å². The molecule has 0 bridgehead atoms. The van der Waals surface area contributed by atoms with Crippen LogP contribution in [0.3, 0.4) is 0 Å². The molecule has 0 fully saturated rings. The van der Waals surface area contributed by atoms with Crippen LogP contribution in [-0.4, -0.2) is 64.9 Å². The van der Waals surface area contributed by atoms with Gasteiger partial charge < -0.3 is 19.5 Å². The van der Waals surface area contributed by atoms with Crippen LogP contribution >= 0.6 is 0 Å². The molecule has 0 aliphatic carbocycles. The van der Waals surface area contributed by atoms with E-state index in [0.717, 1.165) is 18.4 Å². The zero-order valence-corrected chi connectivity index (χ0v) is 25.1. The third-order valence-electron chi connectivity index (χ3n) is 7.57. The Hall–Kier alpha value is -3.44. The highest BCUT2D eigenvalue weighted by Crippen LogP contribution is 2.41. The van der Waals surface area contributed by atoms with Crippen LogP contribution in [0.25, 0.3) is 0 Å². The highest BCUT2D eigenvalue weighted by atomic mass is 32.2. The number of hydrogen-bond donors (Lipinski definition) is 2. The molecule has 0 radical (unpaired) electrons. The lowest BCUT2D eigenvalue weighted by Crippen LogP contribution is -2.50. The van der Waals surface area contributed by atoms with Crippen LogP contribution in [0.15, 0.2) is 47.4 Å². The SMILES string of the molecule is CCCCC1(CC)CS(=O)(=O)c2cc(C(=O)NC(CC(=O)OC)CC(=O)OC)c(OC)cc2C(c2ccccc2)N1. The Bertz CT molecular complexity index is 1330. The van der Waals surface area contributed by atoms with Crippen LogP contribution < -0.4 is 15.4 Å². The van der Waals surface area contributed by atoms with E-state index in [1.54, 1.807) is 6.07 Å². The predicted molar refractivity (Wildman–Crippen MR) is 154 cm³/mol. The summed E-state index contributed by atoms with van der Waals surface area (Å²) in [7, 11) is -0.0715. The molecule has 0 saturated carbocycles. The predicted octanol–water partition coefficient (Wildman–Crippen LogP) is 3.73. The standard InChI is InChI=1S/C30H40N2O8S/c1-6-8-14-30(7-2)19-41(36,37)25-18-22(29(35)31-21(15-26(33)39-4)16-27(34)40-5)24(38-3)17-23(25)28(32-30)20-12-10-9-11-13-20/h9-13,17-18,21,28,32H,6-8,14-16,19H2,1-5H3,(H,31,35). The third-order valence-corrected chi connectivity index (χ3v) is 9.53. The van der Waals surface area contributed by atoms with Gasteiger partial charge in [-0.25, -0.2) is 8.42 Å². The largest absolute Gasteiger partial charge is 0.496 e. The lowest BCUT2D eigenvalue weighted by Gasteiger charge is -2.36. The molecule has 0 saturated heterocycles. The Morgan fingerprint density at radius 1 is 1.02 bits per heavy atom. The van der Waals surface area contributed by atoms with Crippen molar-refractivity contribution in [2.45, 2.75) is 74.9 Å². The second-order valence-corrected chi connectivity index (χ2v) is 12.3. The first kappa shape index (κ1) is 32.1. The number of hydrogen-bond acceptors (Lipinski definition) is 9. The topological polar surface area (TPSA) is 137 Å². The number of unbranched alkanes of at least 4 members (excludes halogenated alkanes) is 1. The minimum Gasteiger partial charge on any atom is -0.496 e. The van der Waals surface area contributed by atoms with Crippen LogP contribution in [0.1, 0.15) is 79.9 Å². The summed E-state index contributed by atoms with van der Waals surface area (Å²) in [6, 6.07) is 11.1. The molecule has 2 N–H and O–H groups in total. The summed E-state index contributed by atoms with van der Waals surface area (Å²) in [4.78, 5) is 37.5. The number of carbonyl (C=O) groups is 3. The van der Waals surface area contributed by atoms with E-state index in [0.29, 0.717) is 18.4 Å². The maximum absolute atomic E-state index is 14.0. The average Bonchev–Trinajstić information content (AvgIpc) is 3.07. The van der Waals surface area contributed by atoms with Crippen LogP contribution in [0.5, 0.6) is 5.75 Å². The number of rotatable bonds is 12. The van der Waals surface area contributed by atoms with E-state index in [-0.39, 0.29) is 34.8 Å². The van der Waals surface area contributed by atoms with Gasteiger partial charge in [-0.1, -0.05) is 57.0 Å². The van der Waals surface area contributed by atoms with Crippen molar-refractivity contribution >= 4 is 27.7 Å². The molecule has 3 rings (SSSR count). The van der Waals surface area contributed by atoms with Crippen molar-refractivity contribution in [1.82, 2.24) is 10.6 Å². The van der Waals surface area contributed by atoms with E-state index in [9.17, 15) is 22.8 Å². The number of fused-ring (bicyclic) bond motifs is 1. The van der Waals surface area contributed by atoms with Gasteiger partial charge in [0.1, 0.15) is 5.75 Å². The molecule has 0 aromatic heterocycles. The summed E-state index contributed by atoms with van der Waals surface area (Å²) in [5, 5.41) is 6.35. The molecule has 0 spiro atoms. The average molecular weight is 589 g/mol. The van der Waals surface area contributed by atoms with Gasteiger partial charge in [0.15, 0.2) is 9.84 Å². The van der Waals surface area contributed by atoms with Crippen molar-refractivity contribution in [2.24, 2.45) is 0 Å². The van der Waals surface area contributed by atoms with Crippen molar-refractivity contribution in [3.63, 3.8) is 0 Å². The number of ether oxygens (including phenoxy) is 3. The lowest BCUT2D eigenvalue weighted by molar-refractivity contribution is -0.143. The number of methoxy groups -OCH3 is 3. The summed E-state index contributed by atoms with van der Waals surface area (Å²) in [5.41, 5.74) is 0.655. The van der Waals surface area contributed by atoms with Gasteiger partial charge in [0.2, 0.25) is 0 Å². The van der Waals surface area contributed by atoms with Gasteiger partial charge in [-0.05, 0) is 36.1 Å². The molecule has 2 aromatic carbocycles. The first-order valence-electron chi connectivity index (χ1n) is 13.7. The van der Waals surface area contributed by atoms with Gasteiger partial charge in [0, 0.05) is 5.54 Å². The highest BCUT2D eigenvalue weighted by Gasteiger charge is 2.42. The van der Waals surface area contributed by atoms with E-state index in [2.05, 4.69) is 17.6 Å². The van der Waals surface area contributed by atoms with Crippen LogP contribution in [0.4, 0.5) is 0 Å². The molecular formula is C30H40N2O8S. The Morgan fingerprint density at radius 2 is 1.66 bits per heavy atom. The molecular weight excluding hydrogens is 548 g/mol. The minimum atomic E-state index is -3.87. The smallest absolute Gasteiger partial charge is 0.307 e. The second-order valence-electron chi connectivity index (χ2n) is 10.3. The molecule has 41 heavy (non-hydrogen) atoms. The molecule has 10 nitrogen and oxygen atoms in total. The van der Waals surface area contributed by atoms with Gasteiger partial charge in [-0.2, -0.15) is 0 Å². The highest BCUT2D eigenvalue weighted by molar-refractivity contribution is 7.91. The molecule has 2 aromatic rings. The van der Waals surface area contributed by atoms with Crippen LogP contribution in [-0.2, 0) is 28.9 Å². The Balaban J connectivity index is 2.16. The Labute approximate surface area is 242 Å². The van der Waals surface area contributed by atoms with Crippen molar-refractivity contribution in [3.8, 4) is 5.75 Å². The van der Waals surface area contributed by atoms with E-state index < -0.39 is 45.3 Å². The van der Waals surface area contributed by atoms with Gasteiger partial charge in [0.05, 0.1) is 62.5 Å². The van der Waals surface area contributed by atoms with Crippen LogP contribution in [0.2, 0.25) is 0 Å². The van der Waals surface area contributed by atoms with Crippen molar-refractivity contribution < 1.29 is 37.0 Å². The third kappa shape index (κ3) is 7.65. The molecule has 2 unspecified atom stereocenters. The molecule has 1 aliphatic heterocycles. The quantitative estimate of drug-likeness (QED) is 0.355. The van der Waals surface area contributed by atoms with Gasteiger partial charge >= 0.3 is 11.9 Å². The fourth-order valence-corrected chi connectivity index (χ4v) is 7.39. The fraction of sp³-hybridized carbons (Fsp3) is 0.500. The van der Waals surface area contributed by atoms with E-state index in [4.69, 9.17) is 14.2 Å². The number of carbonyl (C=O) groups excluding carboxylic acids is 3. The molecule has 1 heterocycles. The lowest BCUT2D eigenvalue weighted by atomic mass is 9.88. The fourth-order valence-electron chi connectivity index (χ4n) is 5.24. The van der Waals surface area contributed by atoms with Crippen molar-refractivity contribution in [2.75, 3.05) is 27.1 Å². The zero-order chi connectivity index (χ0) is 30.2. The molecule has 2 atom stereocenters. The molecule has 224 valence electrons. The summed E-state index contributed by atoms with van der Waals surface area (Å²) < 4.78 is 43.1. The second kappa shape index (κ2) is 14.0. The minimum absolute atomic E-state index is 0.0288. The molecule has 1 aliphatic rings. The maximum atomic E-state index is 14.0. The Morgan fingerprint density at radius 3 is 2.20 bits per heavy atom. The maximum Gasteiger partial charge on any atom is 0.307 e. The molecule has 1 amide bonds. The molecule has 11 heteroatoms. The number of benzene rings is 2. The summed E-state index contributed by atoms with van der Waals surface area (Å²) >= 11 is 0. The number of esters is 2. The first-order valence-corrected chi connectivity index (χ1v) is 15.4. The Kier molecular flexibility index (Phi) is 10.9. The van der Waals surface area contributed by atoms with Gasteiger partial charge in [-0.15, -0.1) is 0 Å². The summed E-state index contributed by atoms with van der Waals surface area (Å²) in [6.07, 6.45) is 2.48. The van der Waals surface area contributed by atoms with Crippen LogP contribution in [0, 0.1) is 0 Å². The zero-order valence-electron chi connectivity index (χ0n) is 24.3. The summed E-state index contributed by atoms with van der Waals surface area (Å²) in [5.74, 6) is -1.93. The van der Waals surface area contributed by atoms with Crippen molar-refractivity contribution in [1.29, 1.82) is 0 Å².